The van der Waals surface area contributed by atoms with Crippen LogP contribution in [0.25, 0.3) is 0 Å². The monoisotopic (exact) mass is 283 g/mol. The standard InChI is InChI=1S/C12H17N3O3S/c1-9-3-2-4-11(14-9)15-12(16)7-10-8-19(17,18)6-5-13-10/h2-4,10,13H,5-8H2,1H3,(H,14,15,16). The maximum Gasteiger partial charge on any atom is 0.227 e. The number of aromatic nitrogens is 1. The molecule has 0 bridgehead atoms. The lowest BCUT2D eigenvalue weighted by molar-refractivity contribution is -0.116. The van der Waals surface area contributed by atoms with E-state index in [1.807, 2.05) is 13.0 Å². The fourth-order valence-corrected chi connectivity index (χ4v) is 3.47. The number of hydrogen-bond acceptors (Lipinski definition) is 5. The summed E-state index contributed by atoms with van der Waals surface area (Å²) in [4.78, 5) is 16.0. The molecule has 104 valence electrons. The summed E-state index contributed by atoms with van der Waals surface area (Å²) in [6.07, 6.45) is 0.134. The van der Waals surface area contributed by atoms with Gasteiger partial charge in [-0.1, -0.05) is 6.07 Å². The lowest BCUT2D eigenvalue weighted by Crippen LogP contribution is -2.46. The third-order valence-electron chi connectivity index (χ3n) is 2.89. The minimum absolute atomic E-state index is 0.0155. The summed E-state index contributed by atoms with van der Waals surface area (Å²) in [5.41, 5.74) is 0.816. The van der Waals surface area contributed by atoms with Gasteiger partial charge in [0, 0.05) is 24.7 Å². The van der Waals surface area contributed by atoms with Gasteiger partial charge in [-0.25, -0.2) is 13.4 Å². The van der Waals surface area contributed by atoms with Crippen LogP contribution in [0.1, 0.15) is 12.1 Å². The van der Waals surface area contributed by atoms with Crippen LogP contribution in [0.3, 0.4) is 0 Å². The molecule has 19 heavy (non-hydrogen) atoms. The molecule has 2 rings (SSSR count). The number of amides is 1. The van der Waals surface area contributed by atoms with E-state index in [1.165, 1.54) is 0 Å². The Hall–Kier alpha value is -1.47. The molecule has 0 aliphatic carbocycles. The number of rotatable bonds is 3. The first-order valence-corrected chi connectivity index (χ1v) is 7.94. The Labute approximate surface area is 112 Å². The molecule has 6 nitrogen and oxygen atoms in total. The van der Waals surface area contributed by atoms with Crippen LogP contribution in [0.4, 0.5) is 5.82 Å². The fourth-order valence-electron chi connectivity index (χ4n) is 2.03. The van der Waals surface area contributed by atoms with Gasteiger partial charge in [0.05, 0.1) is 11.5 Å². The number of aryl methyl sites for hydroxylation is 1. The van der Waals surface area contributed by atoms with Crippen molar-refractivity contribution in [2.45, 2.75) is 19.4 Å². The van der Waals surface area contributed by atoms with Crippen LogP contribution in [-0.2, 0) is 14.6 Å². The number of nitrogens with one attached hydrogen (secondary N) is 2. The average Bonchev–Trinajstić information content (AvgIpc) is 2.27. The maximum atomic E-state index is 11.8. The van der Waals surface area contributed by atoms with Crippen LogP contribution in [0, 0.1) is 6.92 Å². The summed E-state index contributed by atoms with van der Waals surface area (Å²) in [6, 6.07) is 5.03. The van der Waals surface area contributed by atoms with Crippen molar-refractivity contribution < 1.29 is 13.2 Å². The topological polar surface area (TPSA) is 88.2 Å². The van der Waals surface area contributed by atoms with Gasteiger partial charge in [0.2, 0.25) is 5.91 Å². The fraction of sp³-hybridized carbons (Fsp3) is 0.500. The zero-order valence-corrected chi connectivity index (χ0v) is 11.5. The summed E-state index contributed by atoms with van der Waals surface area (Å²) < 4.78 is 22.9. The smallest absolute Gasteiger partial charge is 0.227 e. The summed E-state index contributed by atoms with van der Waals surface area (Å²) in [7, 11) is -3.02. The van der Waals surface area contributed by atoms with Crippen LogP contribution in [0.15, 0.2) is 18.2 Å². The molecule has 1 saturated heterocycles. The third-order valence-corrected chi connectivity index (χ3v) is 4.63. The quantitative estimate of drug-likeness (QED) is 0.821. The van der Waals surface area contributed by atoms with Gasteiger partial charge in [-0.15, -0.1) is 0 Å². The van der Waals surface area contributed by atoms with Gasteiger partial charge in [-0.05, 0) is 19.1 Å². The summed E-state index contributed by atoms with van der Waals surface area (Å²) in [5, 5.41) is 5.71. The van der Waals surface area contributed by atoms with Crippen LogP contribution in [0.2, 0.25) is 0 Å². The lowest BCUT2D eigenvalue weighted by Gasteiger charge is -2.22. The van der Waals surface area contributed by atoms with Gasteiger partial charge in [-0.3, -0.25) is 4.79 Å². The summed E-state index contributed by atoms with van der Waals surface area (Å²) >= 11 is 0. The Bertz CT molecular complexity index is 571. The molecule has 1 unspecified atom stereocenters. The number of sulfone groups is 1. The Balaban J connectivity index is 1.91. The lowest BCUT2D eigenvalue weighted by atomic mass is 10.2. The zero-order valence-electron chi connectivity index (χ0n) is 10.7. The van der Waals surface area contributed by atoms with Crippen molar-refractivity contribution in [1.29, 1.82) is 0 Å². The van der Waals surface area contributed by atoms with Gasteiger partial charge in [0.25, 0.3) is 0 Å². The molecule has 0 spiro atoms. The second-order valence-corrected chi connectivity index (χ2v) is 6.91. The van der Waals surface area contributed by atoms with Crippen LogP contribution in [0.5, 0.6) is 0 Å². The molecular formula is C12H17N3O3S. The molecule has 1 atom stereocenters. The van der Waals surface area contributed by atoms with E-state index in [1.54, 1.807) is 12.1 Å². The van der Waals surface area contributed by atoms with Crippen molar-refractivity contribution in [2.24, 2.45) is 0 Å². The molecule has 1 aliphatic heterocycles. The van der Waals surface area contributed by atoms with Crippen LogP contribution >= 0.6 is 0 Å². The molecule has 1 amide bonds. The van der Waals surface area contributed by atoms with Crippen molar-refractivity contribution in [3.8, 4) is 0 Å². The number of nitrogens with zero attached hydrogens (tertiary/aromatic N) is 1. The van der Waals surface area contributed by atoms with Gasteiger partial charge < -0.3 is 10.6 Å². The minimum Gasteiger partial charge on any atom is -0.311 e. The zero-order chi connectivity index (χ0) is 13.9. The molecule has 0 aromatic carbocycles. The van der Waals surface area contributed by atoms with Crippen LogP contribution in [-0.4, -0.2) is 43.4 Å². The predicted octanol–water partition coefficient (Wildman–Crippen LogP) is 0.105. The van der Waals surface area contributed by atoms with Crippen molar-refractivity contribution in [3.05, 3.63) is 23.9 Å². The van der Waals surface area contributed by atoms with E-state index >= 15 is 0 Å². The van der Waals surface area contributed by atoms with Crippen molar-refractivity contribution in [2.75, 3.05) is 23.4 Å². The largest absolute Gasteiger partial charge is 0.311 e. The predicted molar refractivity (Wildman–Crippen MR) is 72.7 cm³/mol. The Kier molecular flexibility index (Phi) is 4.16. The van der Waals surface area contributed by atoms with Gasteiger partial charge in [-0.2, -0.15) is 0 Å². The van der Waals surface area contributed by atoms with Gasteiger partial charge in [0.15, 0.2) is 9.84 Å². The Morgan fingerprint density at radius 3 is 3.00 bits per heavy atom. The highest BCUT2D eigenvalue weighted by molar-refractivity contribution is 7.91. The number of pyridine rings is 1. The van der Waals surface area contributed by atoms with E-state index in [0.29, 0.717) is 12.4 Å². The molecule has 7 heteroatoms. The van der Waals surface area contributed by atoms with E-state index in [4.69, 9.17) is 0 Å². The van der Waals surface area contributed by atoms with Crippen molar-refractivity contribution in [3.63, 3.8) is 0 Å². The van der Waals surface area contributed by atoms with E-state index in [0.717, 1.165) is 5.69 Å². The van der Waals surface area contributed by atoms with Gasteiger partial charge >= 0.3 is 0 Å². The van der Waals surface area contributed by atoms with E-state index in [-0.39, 0.29) is 29.9 Å². The third kappa shape index (κ3) is 4.29. The molecule has 0 saturated carbocycles. The number of anilines is 1. The number of carbonyl (C=O) groups excluding carboxylic acids is 1. The highest BCUT2D eigenvalue weighted by Gasteiger charge is 2.25. The first-order chi connectivity index (χ1) is 8.94. The van der Waals surface area contributed by atoms with Crippen molar-refractivity contribution in [1.82, 2.24) is 10.3 Å². The maximum absolute atomic E-state index is 11.8. The first-order valence-electron chi connectivity index (χ1n) is 6.12. The SMILES string of the molecule is Cc1cccc(NC(=O)CC2CS(=O)(=O)CCN2)n1. The minimum atomic E-state index is -3.02. The molecule has 2 heterocycles. The second-order valence-electron chi connectivity index (χ2n) is 4.68. The van der Waals surface area contributed by atoms with Crippen LogP contribution < -0.4 is 10.6 Å². The highest BCUT2D eigenvalue weighted by Crippen LogP contribution is 2.08. The molecule has 1 aliphatic rings. The van der Waals surface area contributed by atoms with E-state index in [2.05, 4.69) is 15.6 Å². The molecule has 2 N–H and O–H groups in total. The van der Waals surface area contributed by atoms with E-state index in [9.17, 15) is 13.2 Å². The molecular weight excluding hydrogens is 266 g/mol. The first kappa shape index (κ1) is 14.0. The normalized spacial score (nSPS) is 21.8. The molecule has 0 radical (unpaired) electrons. The number of carbonyl (C=O) groups is 1. The Morgan fingerprint density at radius 2 is 2.32 bits per heavy atom. The molecule has 1 aromatic rings. The van der Waals surface area contributed by atoms with Crippen molar-refractivity contribution >= 4 is 21.6 Å². The van der Waals surface area contributed by atoms with Gasteiger partial charge in [0.1, 0.15) is 5.82 Å². The highest BCUT2D eigenvalue weighted by atomic mass is 32.2. The Morgan fingerprint density at radius 1 is 1.53 bits per heavy atom. The molecule has 1 aromatic heterocycles. The average molecular weight is 283 g/mol. The van der Waals surface area contributed by atoms with E-state index < -0.39 is 9.84 Å². The second kappa shape index (κ2) is 5.66. The number of hydrogen-bond donors (Lipinski definition) is 2. The summed E-state index contributed by atoms with van der Waals surface area (Å²) in [6.45, 7) is 2.24. The summed E-state index contributed by atoms with van der Waals surface area (Å²) in [5.74, 6) is 0.419. The molecule has 1 fully saturated rings.